The summed E-state index contributed by atoms with van der Waals surface area (Å²) >= 11 is 0. The van der Waals surface area contributed by atoms with E-state index in [1.165, 1.54) is 14.1 Å². The molecule has 1 heterocycles. The first-order chi connectivity index (χ1) is 12.8. The Morgan fingerprint density at radius 2 is 1.81 bits per heavy atom. The van der Waals surface area contributed by atoms with Crippen molar-refractivity contribution in [1.82, 2.24) is 14.5 Å². The molecule has 1 aromatic carbocycles. The number of ether oxygens (including phenoxy) is 1. The molecule has 1 aromatic heterocycles. The van der Waals surface area contributed by atoms with Crippen LogP contribution in [0.1, 0.15) is 5.56 Å². The van der Waals surface area contributed by atoms with Crippen molar-refractivity contribution in [3.8, 4) is 5.75 Å². The Labute approximate surface area is 155 Å². The second kappa shape index (κ2) is 8.41. The zero-order chi connectivity index (χ0) is 20.1. The zero-order valence-corrected chi connectivity index (χ0v) is 15.6. The fraction of sp³-hybridized carbons (Fsp3) is 0.353. The van der Waals surface area contributed by atoms with E-state index in [9.17, 15) is 14.4 Å². The average molecular weight is 376 g/mol. The molecule has 0 fully saturated rings. The molecule has 0 atom stereocenters. The van der Waals surface area contributed by atoms with Crippen LogP contribution in [-0.2, 0) is 25.3 Å². The molecule has 1 amide bonds. The molecular formula is C17H24N6O4. The smallest absolute Gasteiger partial charge is 0.332 e. The molecule has 0 bridgehead atoms. The van der Waals surface area contributed by atoms with Crippen LogP contribution in [0.4, 0.5) is 11.5 Å². The van der Waals surface area contributed by atoms with Gasteiger partial charge in [0.15, 0.2) is 5.69 Å². The maximum Gasteiger partial charge on any atom is 0.332 e. The Kier molecular flexibility index (Phi) is 6.24. The van der Waals surface area contributed by atoms with Crippen LogP contribution in [0.25, 0.3) is 0 Å². The van der Waals surface area contributed by atoms with Crippen molar-refractivity contribution in [1.29, 1.82) is 0 Å². The third kappa shape index (κ3) is 4.47. The van der Waals surface area contributed by atoms with Gasteiger partial charge in [-0.05, 0) is 24.1 Å². The average Bonchev–Trinajstić information content (AvgIpc) is 2.65. The quantitative estimate of drug-likeness (QED) is 0.404. The standard InChI is InChI=1S/C17H24N6O4/c1-21-15(18)14(16(25)22(2)17(21)26)23(19)10-13(24)20-9-8-11-4-6-12(27-3)7-5-11/h4-7H,8-10,18-19H2,1-3H3,(H,20,24). The van der Waals surface area contributed by atoms with Crippen molar-refractivity contribution in [2.75, 3.05) is 30.9 Å². The summed E-state index contributed by atoms with van der Waals surface area (Å²) in [5, 5.41) is 3.67. The van der Waals surface area contributed by atoms with Crippen molar-refractivity contribution < 1.29 is 9.53 Å². The van der Waals surface area contributed by atoms with Gasteiger partial charge in [0.1, 0.15) is 18.1 Å². The molecule has 0 spiro atoms. The van der Waals surface area contributed by atoms with Gasteiger partial charge in [-0.15, -0.1) is 0 Å². The van der Waals surface area contributed by atoms with Crippen LogP contribution in [0.3, 0.4) is 0 Å². The highest BCUT2D eigenvalue weighted by atomic mass is 16.5. The SMILES string of the molecule is COc1ccc(CCNC(=O)CN(N)c2c(N)n(C)c(=O)n(C)c2=O)cc1. The number of hydrogen-bond acceptors (Lipinski definition) is 7. The molecule has 0 radical (unpaired) electrons. The topological polar surface area (TPSA) is 138 Å². The monoisotopic (exact) mass is 376 g/mol. The van der Waals surface area contributed by atoms with Gasteiger partial charge in [-0.25, -0.2) is 10.6 Å². The summed E-state index contributed by atoms with van der Waals surface area (Å²) in [6.45, 7) is 0.125. The van der Waals surface area contributed by atoms with Gasteiger partial charge < -0.3 is 15.8 Å². The number of anilines is 2. The fourth-order valence-corrected chi connectivity index (χ4v) is 2.54. The van der Waals surface area contributed by atoms with E-state index >= 15 is 0 Å². The van der Waals surface area contributed by atoms with Crippen LogP contribution < -0.4 is 37.9 Å². The highest BCUT2D eigenvalue weighted by molar-refractivity contribution is 5.82. The summed E-state index contributed by atoms with van der Waals surface area (Å²) in [4.78, 5) is 36.2. The first-order valence-electron chi connectivity index (χ1n) is 8.23. The van der Waals surface area contributed by atoms with Crippen molar-refractivity contribution in [2.24, 2.45) is 19.9 Å². The summed E-state index contributed by atoms with van der Waals surface area (Å²) in [6, 6.07) is 7.51. The van der Waals surface area contributed by atoms with Gasteiger partial charge in [-0.1, -0.05) is 12.1 Å². The third-order valence-corrected chi connectivity index (χ3v) is 4.18. The van der Waals surface area contributed by atoms with Gasteiger partial charge in [-0.3, -0.25) is 23.7 Å². The molecule has 146 valence electrons. The molecule has 0 aliphatic carbocycles. The summed E-state index contributed by atoms with van der Waals surface area (Å²) in [5.41, 5.74) is 5.51. The normalized spacial score (nSPS) is 10.5. The van der Waals surface area contributed by atoms with Crippen molar-refractivity contribution in [3.05, 3.63) is 50.7 Å². The highest BCUT2D eigenvalue weighted by Gasteiger charge is 2.19. The number of nitrogen functional groups attached to an aromatic ring is 1. The lowest BCUT2D eigenvalue weighted by molar-refractivity contribution is -0.119. The first kappa shape index (κ1) is 20.0. The second-order valence-corrected chi connectivity index (χ2v) is 6.02. The molecular weight excluding hydrogens is 352 g/mol. The number of amides is 1. The minimum Gasteiger partial charge on any atom is -0.497 e. The maximum atomic E-state index is 12.2. The number of hydrogen-bond donors (Lipinski definition) is 3. The van der Waals surface area contributed by atoms with Gasteiger partial charge in [0, 0.05) is 20.6 Å². The molecule has 2 rings (SSSR count). The van der Waals surface area contributed by atoms with E-state index in [0.717, 1.165) is 25.5 Å². The summed E-state index contributed by atoms with van der Waals surface area (Å²) < 4.78 is 7.07. The Balaban J connectivity index is 1.98. The van der Waals surface area contributed by atoms with Crippen LogP contribution in [0.5, 0.6) is 5.75 Å². The Hall–Kier alpha value is -3.27. The van der Waals surface area contributed by atoms with Crippen molar-refractivity contribution in [2.45, 2.75) is 6.42 Å². The lowest BCUT2D eigenvalue weighted by Crippen LogP contribution is -2.48. The third-order valence-electron chi connectivity index (χ3n) is 4.18. The predicted octanol–water partition coefficient (Wildman–Crippen LogP) is -1.29. The number of nitrogens with one attached hydrogen (secondary N) is 1. The summed E-state index contributed by atoms with van der Waals surface area (Å²) in [6.07, 6.45) is 0.629. The number of benzene rings is 1. The number of nitrogens with zero attached hydrogens (tertiary/aromatic N) is 3. The molecule has 0 aliphatic rings. The molecule has 5 N–H and O–H groups in total. The van der Waals surface area contributed by atoms with Gasteiger partial charge in [0.2, 0.25) is 5.91 Å². The second-order valence-electron chi connectivity index (χ2n) is 6.02. The van der Waals surface area contributed by atoms with E-state index in [4.69, 9.17) is 16.3 Å². The zero-order valence-electron chi connectivity index (χ0n) is 15.6. The largest absolute Gasteiger partial charge is 0.497 e. The Morgan fingerprint density at radius 3 is 2.41 bits per heavy atom. The van der Waals surface area contributed by atoms with Crippen LogP contribution in [0.15, 0.2) is 33.9 Å². The van der Waals surface area contributed by atoms with Gasteiger partial charge in [0.25, 0.3) is 5.56 Å². The van der Waals surface area contributed by atoms with E-state index < -0.39 is 11.2 Å². The molecule has 2 aromatic rings. The predicted molar refractivity (Wildman–Crippen MR) is 103 cm³/mol. The molecule has 0 aliphatic heterocycles. The summed E-state index contributed by atoms with van der Waals surface area (Å²) in [7, 11) is 4.33. The Morgan fingerprint density at radius 1 is 1.19 bits per heavy atom. The number of carbonyl (C=O) groups is 1. The van der Waals surface area contributed by atoms with Gasteiger partial charge in [-0.2, -0.15) is 0 Å². The highest BCUT2D eigenvalue weighted by Crippen LogP contribution is 2.13. The molecule has 0 saturated heterocycles. The van der Waals surface area contributed by atoms with E-state index in [1.54, 1.807) is 7.11 Å². The molecule has 0 saturated carbocycles. The fourth-order valence-electron chi connectivity index (χ4n) is 2.54. The van der Waals surface area contributed by atoms with E-state index in [0.29, 0.717) is 13.0 Å². The van der Waals surface area contributed by atoms with Crippen molar-refractivity contribution >= 4 is 17.4 Å². The van der Waals surface area contributed by atoms with Gasteiger partial charge in [0.05, 0.1) is 7.11 Å². The number of aromatic nitrogens is 2. The van der Waals surface area contributed by atoms with E-state index in [2.05, 4.69) is 5.32 Å². The number of carbonyl (C=O) groups excluding carboxylic acids is 1. The number of rotatable bonds is 7. The number of nitrogens with two attached hydrogens (primary N) is 2. The van der Waals surface area contributed by atoms with Crippen LogP contribution in [0, 0.1) is 0 Å². The van der Waals surface area contributed by atoms with Crippen molar-refractivity contribution in [3.63, 3.8) is 0 Å². The van der Waals surface area contributed by atoms with Gasteiger partial charge >= 0.3 is 5.69 Å². The molecule has 10 heteroatoms. The first-order valence-corrected chi connectivity index (χ1v) is 8.23. The minimum atomic E-state index is -0.663. The van der Waals surface area contributed by atoms with Crippen LogP contribution in [0.2, 0.25) is 0 Å². The van der Waals surface area contributed by atoms with Crippen LogP contribution >= 0.6 is 0 Å². The minimum absolute atomic E-state index is 0.100. The maximum absolute atomic E-state index is 12.2. The van der Waals surface area contributed by atoms with Crippen LogP contribution in [-0.4, -0.2) is 35.2 Å². The molecule has 10 nitrogen and oxygen atoms in total. The van der Waals surface area contributed by atoms with E-state index in [-0.39, 0.29) is 24.0 Å². The lowest BCUT2D eigenvalue weighted by Gasteiger charge is -2.21. The van der Waals surface area contributed by atoms with E-state index in [1.807, 2.05) is 24.3 Å². The number of hydrazine groups is 1. The summed E-state index contributed by atoms with van der Waals surface area (Å²) in [5.74, 6) is 6.14. The Bertz CT molecular complexity index is 932. The molecule has 27 heavy (non-hydrogen) atoms. The lowest BCUT2D eigenvalue weighted by atomic mass is 10.1. The number of methoxy groups -OCH3 is 1. The molecule has 0 unspecified atom stereocenters.